The Morgan fingerprint density at radius 2 is 2.10 bits per heavy atom. The molecule has 1 atom stereocenters. The predicted molar refractivity (Wildman–Crippen MR) is 83.9 cm³/mol. The van der Waals surface area contributed by atoms with Crippen LogP contribution in [0, 0.1) is 5.92 Å². The van der Waals surface area contributed by atoms with Gasteiger partial charge in [-0.2, -0.15) is 0 Å². The van der Waals surface area contributed by atoms with Crippen molar-refractivity contribution < 1.29 is 9.59 Å². The summed E-state index contributed by atoms with van der Waals surface area (Å²) in [5.74, 6) is -1.05. The molecule has 1 saturated heterocycles. The lowest BCUT2D eigenvalue weighted by Gasteiger charge is -2.17. The van der Waals surface area contributed by atoms with Crippen LogP contribution in [-0.2, 0) is 9.59 Å². The van der Waals surface area contributed by atoms with Crippen LogP contribution in [-0.4, -0.2) is 38.5 Å². The van der Waals surface area contributed by atoms with Gasteiger partial charge in [0.1, 0.15) is 5.92 Å². The molecule has 1 aliphatic rings. The summed E-state index contributed by atoms with van der Waals surface area (Å²) in [5.41, 5.74) is 0.667. The summed E-state index contributed by atoms with van der Waals surface area (Å²) in [7, 11) is 1.80. The van der Waals surface area contributed by atoms with Crippen molar-refractivity contribution in [2.24, 2.45) is 5.92 Å². The fourth-order valence-electron chi connectivity index (χ4n) is 2.27. The van der Waals surface area contributed by atoms with Gasteiger partial charge in [-0.15, -0.1) is 0 Å². The van der Waals surface area contributed by atoms with Crippen molar-refractivity contribution in [2.75, 3.05) is 31.6 Å². The molecule has 114 valence electrons. The molecule has 21 heavy (non-hydrogen) atoms. The van der Waals surface area contributed by atoms with Gasteiger partial charge in [0.15, 0.2) is 0 Å². The van der Waals surface area contributed by atoms with E-state index in [1.165, 1.54) is 0 Å². The fourth-order valence-corrected chi connectivity index (χ4v) is 2.56. The first-order valence-corrected chi connectivity index (χ1v) is 7.49. The molecule has 2 rings (SSSR count). The van der Waals surface area contributed by atoms with Gasteiger partial charge in [0.05, 0.1) is 10.0 Å². The van der Waals surface area contributed by atoms with Crippen molar-refractivity contribution in [1.29, 1.82) is 0 Å². The second-order valence-electron chi connectivity index (χ2n) is 4.82. The third-order valence-corrected chi connectivity index (χ3v) is 4.15. The zero-order chi connectivity index (χ0) is 15.4. The molecule has 0 spiro atoms. The van der Waals surface area contributed by atoms with Gasteiger partial charge in [-0.05, 0) is 31.7 Å². The lowest BCUT2D eigenvalue weighted by atomic mass is 10.1. The highest BCUT2D eigenvalue weighted by Gasteiger charge is 2.37. The van der Waals surface area contributed by atoms with Crippen molar-refractivity contribution in [3.8, 4) is 0 Å². The number of hydrogen-bond donors (Lipinski definition) is 2. The molecule has 0 saturated carbocycles. The molecule has 1 heterocycles. The first kappa shape index (κ1) is 16.1. The van der Waals surface area contributed by atoms with Gasteiger partial charge in [0.25, 0.3) is 0 Å². The molecule has 1 aliphatic heterocycles. The Morgan fingerprint density at radius 1 is 1.33 bits per heavy atom. The standard InChI is InChI=1S/C14H17Cl2N3O2/c1-17-5-6-18-13(20)10-4-7-19(14(10)21)9-2-3-11(15)12(16)8-9/h2-3,8,10,17H,4-7H2,1H3,(H,18,20). The maximum absolute atomic E-state index is 12.3. The van der Waals surface area contributed by atoms with E-state index in [1.54, 1.807) is 30.1 Å². The summed E-state index contributed by atoms with van der Waals surface area (Å²) in [6.45, 7) is 1.68. The van der Waals surface area contributed by atoms with Gasteiger partial charge in [0, 0.05) is 25.3 Å². The number of nitrogens with one attached hydrogen (secondary N) is 2. The molecule has 0 bridgehead atoms. The summed E-state index contributed by atoms with van der Waals surface area (Å²) in [6, 6.07) is 5.02. The maximum Gasteiger partial charge on any atom is 0.239 e. The van der Waals surface area contributed by atoms with Crippen molar-refractivity contribution in [3.63, 3.8) is 0 Å². The molecule has 2 N–H and O–H groups in total. The summed E-state index contributed by atoms with van der Waals surface area (Å²) in [6.07, 6.45) is 0.504. The van der Waals surface area contributed by atoms with E-state index in [2.05, 4.69) is 10.6 Å². The molecule has 2 amide bonds. The molecule has 7 heteroatoms. The summed E-state index contributed by atoms with van der Waals surface area (Å²) in [4.78, 5) is 25.9. The number of amides is 2. The van der Waals surface area contributed by atoms with Gasteiger partial charge in [-0.3, -0.25) is 9.59 Å². The summed E-state index contributed by atoms with van der Waals surface area (Å²) < 4.78 is 0. The van der Waals surface area contributed by atoms with Crippen molar-refractivity contribution in [1.82, 2.24) is 10.6 Å². The van der Waals surface area contributed by atoms with Crippen LogP contribution < -0.4 is 15.5 Å². The van der Waals surface area contributed by atoms with Crippen molar-refractivity contribution in [2.45, 2.75) is 6.42 Å². The molecule has 1 unspecified atom stereocenters. The number of rotatable bonds is 5. The average molecular weight is 330 g/mol. The van der Waals surface area contributed by atoms with Crippen LogP contribution in [0.4, 0.5) is 5.69 Å². The number of benzene rings is 1. The van der Waals surface area contributed by atoms with Gasteiger partial charge in [0.2, 0.25) is 11.8 Å². The molecule has 0 aliphatic carbocycles. The highest BCUT2D eigenvalue weighted by atomic mass is 35.5. The zero-order valence-electron chi connectivity index (χ0n) is 11.7. The van der Waals surface area contributed by atoms with Gasteiger partial charge in [-0.1, -0.05) is 23.2 Å². The van der Waals surface area contributed by atoms with Gasteiger partial charge >= 0.3 is 0 Å². The van der Waals surface area contributed by atoms with E-state index >= 15 is 0 Å². The van der Waals surface area contributed by atoms with E-state index in [4.69, 9.17) is 23.2 Å². The second kappa shape index (κ2) is 7.11. The lowest BCUT2D eigenvalue weighted by molar-refractivity contribution is -0.132. The highest BCUT2D eigenvalue weighted by Crippen LogP contribution is 2.31. The van der Waals surface area contributed by atoms with Crippen LogP contribution >= 0.6 is 23.2 Å². The first-order chi connectivity index (χ1) is 10.0. The van der Waals surface area contributed by atoms with E-state index in [-0.39, 0.29) is 11.8 Å². The third-order valence-electron chi connectivity index (χ3n) is 3.41. The number of nitrogens with zero attached hydrogens (tertiary/aromatic N) is 1. The molecular weight excluding hydrogens is 313 g/mol. The molecule has 1 aromatic rings. The largest absolute Gasteiger partial charge is 0.354 e. The Bertz CT molecular complexity index is 551. The number of carbonyl (C=O) groups excluding carboxylic acids is 2. The Kier molecular flexibility index (Phi) is 5.45. The Morgan fingerprint density at radius 3 is 2.76 bits per heavy atom. The number of hydrogen-bond acceptors (Lipinski definition) is 3. The SMILES string of the molecule is CNCCNC(=O)C1CCN(c2ccc(Cl)c(Cl)c2)C1=O. The Hall–Kier alpha value is -1.30. The minimum atomic E-state index is -0.628. The van der Waals surface area contributed by atoms with Crippen LogP contribution in [0.3, 0.4) is 0 Å². The second-order valence-corrected chi connectivity index (χ2v) is 5.64. The van der Waals surface area contributed by atoms with E-state index in [0.717, 1.165) is 0 Å². The fraction of sp³-hybridized carbons (Fsp3) is 0.429. The van der Waals surface area contributed by atoms with E-state index in [0.29, 0.717) is 41.8 Å². The smallest absolute Gasteiger partial charge is 0.239 e. The molecule has 1 fully saturated rings. The molecule has 5 nitrogen and oxygen atoms in total. The number of anilines is 1. The lowest BCUT2D eigenvalue weighted by Crippen LogP contribution is -2.39. The third kappa shape index (κ3) is 3.67. The molecule has 1 aromatic carbocycles. The quantitative estimate of drug-likeness (QED) is 0.638. The molecule has 0 radical (unpaired) electrons. The normalized spacial score (nSPS) is 18.1. The van der Waals surface area contributed by atoms with E-state index in [9.17, 15) is 9.59 Å². The Balaban J connectivity index is 2.03. The summed E-state index contributed by atoms with van der Waals surface area (Å²) in [5, 5.41) is 6.52. The average Bonchev–Trinajstić information content (AvgIpc) is 2.84. The minimum absolute atomic E-state index is 0.199. The topological polar surface area (TPSA) is 61.4 Å². The van der Waals surface area contributed by atoms with Crippen molar-refractivity contribution in [3.05, 3.63) is 28.2 Å². The number of carbonyl (C=O) groups is 2. The van der Waals surface area contributed by atoms with Crippen LogP contribution in [0.25, 0.3) is 0 Å². The molecular formula is C14H17Cl2N3O2. The first-order valence-electron chi connectivity index (χ1n) is 6.73. The summed E-state index contributed by atoms with van der Waals surface area (Å²) >= 11 is 11.8. The monoisotopic (exact) mass is 329 g/mol. The molecule has 0 aromatic heterocycles. The van der Waals surface area contributed by atoms with Crippen LogP contribution in [0.1, 0.15) is 6.42 Å². The minimum Gasteiger partial charge on any atom is -0.354 e. The van der Waals surface area contributed by atoms with Crippen LogP contribution in [0.5, 0.6) is 0 Å². The van der Waals surface area contributed by atoms with E-state index in [1.807, 2.05) is 0 Å². The van der Waals surface area contributed by atoms with Crippen LogP contribution in [0.15, 0.2) is 18.2 Å². The predicted octanol–water partition coefficient (Wildman–Crippen LogP) is 1.68. The van der Waals surface area contributed by atoms with Gasteiger partial charge < -0.3 is 15.5 Å². The van der Waals surface area contributed by atoms with Gasteiger partial charge in [-0.25, -0.2) is 0 Å². The number of halogens is 2. The van der Waals surface area contributed by atoms with E-state index < -0.39 is 5.92 Å². The van der Waals surface area contributed by atoms with Crippen molar-refractivity contribution >= 4 is 40.7 Å². The Labute approximate surface area is 133 Å². The highest BCUT2D eigenvalue weighted by molar-refractivity contribution is 6.42. The van der Waals surface area contributed by atoms with Crippen LogP contribution in [0.2, 0.25) is 10.0 Å². The maximum atomic E-state index is 12.3. The number of likely N-dealkylation sites (N-methyl/N-ethyl adjacent to an activating group) is 1. The zero-order valence-corrected chi connectivity index (χ0v) is 13.2.